The van der Waals surface area contributed by atoms with E-state index >= 15 is 0 Å². The SMILES string of the molecule is CC(C)COCCCCOP(=O)(O)O. The van der Waals surface area contributed by atoms with Crippen LogP contribution in [-0.2, 0) is 13.8 Å². The van der Waals surface area contributed by atoms with E-state index in [-0.39, 0.29) is 6.61 Å². The molecular formula is C8H19O5P. The van der Waals surface area contributed by atoms with E-state index in [4.69, 9.17) is 14.5 Å². The molecule has 0 atom stereocenters. The quantitative estimate of drug-likeness (QED) is 0.485. The van der Waals surface area contributed by atoms with Crippen molar-refractivity contribution < 1.29 is 23.6 Å². The van der Waals surface area contributed by atoms with Crippen LogP contribution in [0.1, 0.15) is 26.7 Å². The Morgan fingerprint density at radius 1 is 1.21 bits per heavy atom. The van der Waals surface area contributed by atoms with Gasteiger partial charge in [-0.1, -0.05) is 13.8 Å². The van der Waals surface area contributed by atoms with Gasteiger partial charge in [-0.3, -0.25) is 4.52 Å². The van der Waals surface area contributed by atoms with E-state index in [1.54, 1.807) is 0 Å². The molecule has 5 nitrogen and oxygen atoms in total. The second kappa shape index (κ2) is 7.37. The summed E-state index contributed by atoms with van der Waals surface area (Å²) in [4.78, 5) is 16.7. The van der Waals surface area contributed by atoms with Crippen molar-refractivity contribution in [2.75, 3.05) is 19.8 Å². The number of hydrogen-bond acceptors (Lipinski definition) is 3. The van der Waals surface area contributed by atoms with Crippen LogP contribution in [0.3, 0.4) is 0 Å². The first kappa shape index (κ1) is 14.1. The molecule has 0 aliphatic heterocycles. The molecule has 0 saturated heterocycles. The van der Waals surface area contributed by atoms with Gasteiger partial charge in [-0.2, -0.15) is 0 Å². The summed E-state index contributed by atoms with van der Waals surface area (Å²) in [7, 11) is -4.28. The lowest BCUT2D eigenvalue weighted by molar-refractivity contribution is 0.102. The summed E-state index contributed by atoms with van der Waals surface area (Å²) in [6.45, 7) is 5.55. The molecule has 0 fully saturated rings. The van der Waals surface area contributed by atoms with Gasteiger partial charge in [0.05, 0.1) is 6.61 Å². The van der Waals surface area contributed by atoms with Gasteiger partial charge in [0, 0.05) is 13.2 Å². The smallest absolute Gasteiger partial charge is 0.381 e. The molecule has 0 spiro atoms. The van der Waals surface area contributed by atoms with Crippen LogP contribution in [0, 0.1) is 5.92 Å². The fourth-order valence-corrected chi connectivity index (χ4v) is 1.18. The molecule has 0 bridgehead atoms. The molecule has 0 aliphatic carbocycles. The number of phosphoric ester groups is 1. The second-order valence-electron chi connectivity index (χ2n) is 3.50. The third-order valence-corrected chi connectivity index (χ3v) is 1.91. The summed E-state index contributed by atoms with van der Waals surface area (Å²) in [6.07, 6.45) is 1.36. The average Bonchev–Trinajstić information content (AvgIpc) is 2.00. The monoisotopic (exact) mass is 226 g/mol. The lowest BCUT2D eigenvalue weighted by atomic mass is 10.2. The Morgan fingerprint density at radius 2 is 1.79 bits per heavy atom. The molecule has 0 aromatic heterocycles. The van der Waals surface area contributed by atoms with E-state index in [9.17, 15) is 4.57 Å². The Hall–Kier alpha value is 0.0700. The van der Waals surface area contributed by atoms with Crippen LogP contribution >= 0.6 is 7.82 Å². The zero-order valence-electron chi connectivity index (χ0n) is 8.68. The van der Waals surface area contributed by atoms with Crippen molar-refractivity contribution >= 4 is 7.82 Å². The van der Waals surface area contributed by atoms with Gasteiger partial charge in [-0.15, -0.1) is 0 Å². The highest BCUT2D eigenvalue weighted by atomic mass is 31.2. The molecule has 2 N–H and O–H groups in total. The van der Waals surface area contributed by atoms with Gasteiger partial charge in [0.2, 0.25) is 0 Å². The molecule has 0 aromatic rings. The summed E-state index contributed by atoms with van der Waals surface area (Å²) < 4.78 is 19.8. The number of phosphoric acid groups is 1. The largest absolute Gasteiger partial charge is 0.469 e. The molecule has 0 radical (unpaired) electrons. The van der Waals surface area contributed by atoms with E-state index in [1.165, 1.54) is 0 Å². The number of rotatable bonds is 8. The van der Waals surface area contributed by atoms with Gasteiger partial charge in [-0.05, 0) is 18.8 Å². The van der Waals surface area contributed by atoms with Crippen molar-refractivity contribution in [1.82, 2.24) is 0 Å². The summed E-state index contributed by atoms with van der Waals surface area (Å²) in [5.74, 6) is 0.515. The standard InChI is InChI=1S/C8H19O5P/c1-8(2)7-12-5-3-4-6-13-14(9,10)11/h8H,3-7H2,1-2H3,(H2,9,10,11). The van der Waals surface area contributed by atoms with Crippen molar-refractivity contribution in [1.29, 1.82) is 0 Å². The minimum Gasteiger partial charge on any atom is -0.381 e. The first-order valence-corrected chi connectivity index (χ1v) is 6.22. The molecule has 0 amide bonds. The van der Waals surface area contributed by atoms with Crippen molar-refractivity contribution in [3.8, 4) is 0 Å². The summed E-state index contributed by atoms with van der Waals surface area (Å²) in [6, 6.07) is 0. The third-order valence-electron chi connectivity index (χ3n) is 1.39. The number of hydrogen-bond donors (Lipinski definition) is 2. The minimum atomic E-state index is -4.28. The van der Waals surface area contributed by atoms with Crippen LogP contribution in [0.15, 0.2) is 0 Å². The van der Waals surface area contributed by atoms with Crippen molar-refractivity contribution in [2.45, 2.75) is 26.7 Å². The Morgan fingerprint density at radius 3 is 2.29 bits per heavy atom. The molecule has 0 aromatic carbocycles. The van der Waals surface area contributed by atoms with Crippen LogP contribution in [0.4, 0.5) is 0 Å². The highest BCUT2D eigenvalue weighted by Crippen LogP contribution is 2.35. The Balaban J connectivity index is 3.11. The molecule has 0 rings (SSSR count). The molecule has 86 valence electrons. The summed E-state index contributed by atoms with van der Waals surface area (Å²) in [5.41, 5.74) is 0. The lowest BCUT2D eigenvalue weighted by Crippen LogP contribution is -2.04. The van der Waals surface area contributed by atoms with Crippen LogP contribution < -0.4 is 0 Å². The van der Waals surface area contributed by atoms with E-state index in [0.717, 1.165) is 13.0 Å². The van der Waals surface area contributed by atoms with Gasteiger partial charge >= 0.3 is 7.82 Å². The first-order valence-electron chi connectivity index (χ1n) is 4.69. The zero-order chi connectivity index (χ0) is 11.0. The van der Waals surface area contributed by atoms with Gasteiger partial charge in [0.15, 0.2) is 0 Å². The zero-order valence-corrected chi connectivity index (χ0v) is 9.57. The van der Waals surface area contributed by atoms with Gasteiger partial charge in [-0.25, -0.2) is 4.57 Å². The molecule has 6 heteroatoms. The first-order chi connectivity index (χ1) is 6.42. The lowest BCUT2D eigenvalue weighted by Gasteiger charge is -2.07. The van der Waals surface area contributed by atoms with E-state index in [1.807, 2.05) is 0 Å². The van der Waals surface area contributed by atoms with Crippen LogP contribution in [-0.4, -0.2) is 29.6 Å². The van der Waals surface area contributed by atoms with Crippen molar-refractivity contribution in [3.05, 3.63) is 0 Å². The normalized spacial score (nSPS) is 12.4. The molecule has 0 unspecified atom stereocenters. The number of ether oxygens (including phenoxy) is 1. The molecule has 14 heavy (non-hydrogen) atoms. The highest BCUT2D eigenvalue weighted by Gasteiger charge is 2.12. The van der Waals surface area contributed by atoms with Gasteiger partial charge in [0.25, 0.3) is 0 Å². The molecule has 0 heterocycles. The topological polar surface area (TPSA) is 76.0 Å². The van der Waals surface area contributed by atoms with Gasteiger partial charge < -0.3 is 14.5 Å². The summed E-state index contributed by atoms with van der Waals surface area (Å²) >= 11 is 0. The summed E-state index contributed by atoms with van der Waals surface area (Å²) in [5, 5.41) is 0. The van der Waals surface area contributed by atoms with Crippen molar-refractivity contribution in [2.24, 2.45) is 5.92 Å². The maximum absolute atomic E-state index is 10.3. The second-order valence-corrected chi connectivity index (χ2v) is 4.74. The predicted octanol–water partition coefficient (Wildman–Crippen LogP) is 1.55. The maximum Gasteiger partial charge on any atom is 0.469 e. The van der Waals surface area contributed by atoms with E-state index < -0.39 is 7.82 Å². The van der Waals surface area contributed by atoms with E-state index in [0.29, 0.717) is 18.9 Å². The van der Waals surface area contributed by atoms with Crippen molar-refractivity contribution in [3.63, 3.8) is 0 Å². The average molecular weight is 226 g/mol. The Labute approximate surface area is 84.7 Å². The molecular weight excluding hydrogens is 207 g/mol. The van der Waals surface area contributed by atoms with Gasteiger partial charge in [0.1, 0.15) is 0 Å². The highest BCUT2D eigenvalue weighted by molar-refractivity contribution is 7.46. The number of unbranched alkanes of at least 4 members (excludes halogenated alkanes) is 1. The maximum atomic E-state index is 10.3. The molecule has 0 aliphatic rings. The Bertz CT molecular complexity index is 177. The predicted molar refractivity (Wildman–Crippen MR) is 52.9 cm³/mol. The third kappa shape index (κ3) is 12.1. The minimum absolute atomic E-state index is 0.0787. The van der Waals surface area contributed by atoms with Crippen LogP contribution in [0.2, 0.25) is 0 Å². The van der Waals surface area contributed by atoms with Crippen LogP contribution in [0.25, 0.3) is 0 Å². The molecule has 0 saturated carbocycles. The fourth-order valence-electron chi connectivity index (χ4n) is 0.809. The van der Waals surface area contributed by atoms with E-state index in [2.05, 4.69) is 18.4 Å². The van der Waals surface area contributed by atoms with Crippen LogP contribution in [0.5, 0.6) is 0 Å². The fraction of sp³-hybridized carbons (Fsp3) is 1.00. The Kier molecular flexibility index (Phi) is 7.41.